The van der Waals surface area contributed by atoms with Gasteiger partial charge < -0.3 is 4.57 Å². The Morgan fingerprint density at radius 1 is 0.650 bits per heavy atom. The van der Waals surface area contributed by atoms with Gasteiger partial charge in [0.15, 0.2) is 0 Å². The third kappa shape index (κ3) is 3.84. The molecule has 8 heteroatoms. The van der Waals surface area contributed by atoms with Gasteiger partial charge in [-0.1, -0.05) is 66.7 Å². The van der Waals surface area contributed by atoms with Gasteiger partial charge in [0.05, 0.1) is 22.3 Å². The topological polar surface area (TPSA) is 102 Å². The summed E-state index contributed by atoms with van der Waals surface area (Å²) < 4.78 is 3.56. The highest BCUT2D eigenvalue weighted by Gasteiger charge is 2.41. The van der Waals surface area contributed by atoms with Crippen molar-refractivity contribution in [2.24, 2.45) is 0 Å². The highest BCUT2D eigenvalue weighted by molar-refractivity contribution is 6.21. The Kier molecular flexibility index (Phi) is 5.95. The molecule has 1 aliphatic rings. The van der Waals surface area contributed by atoms with E-state index in [-0.39, 0.29) is 16.5 Å². The lowest BCUT2D eigenvalue weighted by Crippen LogP contribution is -2.54. The van der Waals surface area contributed by atoms with Gasteiger partial charge >= 0.3 is 6.03 Å². The molecule has 1 aliphatic heterocycles. The van der Waals surface area contributed by atoms with Gasteiger partial charge in [-0.2, -0.15) is 0 Å². The standard InChI is InChI=1S/C32H26N4O4/c1-18-11-7-9-15-22(18)35-20(3)17-24-25(31(35)39)26(27-29(37)33-32(40)34-30(27)38)28(21-13-5-4-6-14-21)36(24)23-16-10-8-12-19(23)2/h4-17,27H,1-3H3,(H2,33,34,37,38,40). The molecule has 2 N–H and O–H groups in total. The van der Waals surface area contributed by atoms with Crippen molar-refractivity contribution < 1.29 is 14.4 Å². The first-order chi connectivity index (χ1) is 19.3. The maximum absolute atomic E-state index is 14.6. The van der Waals surface area contributed by atoms with E-state index in [1.165, 1.54) is 0 Å². The van der Waals surface area contributed by atoms with E-state index in [2.05, 4.69) is 10.6 Å². The van der Waals surface area contributed by atoms with Gasteiger partial charge in [0, 0.05) is 16.9 Å². The number of fused-ring (bicyclic) bond motifs is 1. The Balaban J connectivity index is 1.85. The van der Waals surface area contributed by atoms with Gasteiger partial charge in [-0.05, 0) is 55.7 Å². The molecule has 0 saturated carbocycles. The molecule has 0 atom stereocenters. The fourth-order valence-corrected chi connectivity index (χ4v) is 5.63. The first-order valence-corrected chi connectivity index (χ1v) is 12.9. The molecule has 1 fully saturated rings. The number of imide groups is 2. The predicted octanol–water partition coefficient (Wildman–Crippen LogP) is 4.82. The van der Waals surface area contributed by atoms with Crippen LogP contribution >= 0.6 is 0 Å². The molecule has 1 saturated heterocycles. The number of nitrogens with zero attached hydrogens (tertiary/aromatic N) is 2. The quantitative estimate of drug-likeness (QED) is 0.325. The summed E-state index contributed by atoms with van der Waals surface area (Å²) in [5.74, 6) is -2.99. The van der Waals surface area contributed by atoms with Crippen LogP contribution in [0.25, 0.3) is 33.5 Å². The number of aromatic nitrogens is 2. The van der Waals surface area contributed by atoms with Gasteiger partial charge in [0.2, 0.25) is 11.8 Å². The second-order valence-corrected chi connectivity index (χ2v) is 9.96. The molecule has 0 spiro atoms. The monoisotopic (exact) mass is 530 g/mol. The van der Waals surface area contributed by atoms with Crippen molar-refractivity contribution in [2.75, 3.05) is 0 Å². The van der Waals surface area contributed by atoms with E-state index in [0.29, 0.717) is 28.2 Å². The molecular formula is C32H26N4O4. The summed E-state index contributed by atoms with van der Waals surface area (Å²) in [6.45, 7) is 5.76. The Hall–Kier alpha value is -5.24. The van der Waals surface area contributed by atoms with Gasteiger partial charge in [-0.3, -0.25) is 29.6 Å². The molecule has 2 aromatic heterocycles. The van der Waals surface area contributed by atoms with Crippen molar-refractivity contribution in [2.45, 2.75) is 26.7 Å². The van der Waals surface area contributed by atoms with Crippen molar-refractivity contribution in [3.05, 3.63) is 118 Å². The van der Waals surface area contributed by atoms with Gasteiger partial charge in [-0.15, -0.1) is 0 Å². The SMILES string of the molecule is Cc1ccccc1-n1c(C)cc2c(c(C3C(=O)NC(=O)NC3=O)c(-c3ccccc3)n2-c2ccccc2C)c1=O. The lowest BCUT2D eigenvalue weighted by atomic mass is 9.91. The number of amides is 4. The minimum atomic E-state index is -1.43. The van der Waals surface area contributed by atoms with E-state index in [1.807, 2.05) is 110 Å². The fourth-order valence-electron chi connectivity index (χ4n) is 5.63. The number of rotatable bonds is 4. The third-order valence-corrected chi connectivity index (χ3v) is 7.41. The van der Waals surface area contributed by atoms with Crippen LogP contribution in [0.15, 0.2) is 89.7 Å². The van der Waals surface area contributed by atoms with Crippen LogP contribution in [-0.2, 0) is 9.59 Å². The molecule has 5 aromatic rings. The minimum absolute atomic E-state index is 0.237. The van der Waals surface area contributed by atoms with Gasteiger partial charge in [0.1, 0.15) is 5.92 Å². The number of aryl methyl sites for hydroxylation is 3. The summed E-state index contributed by atoms with van der Waals surface area (Å²) in [5.41, 5.74) is 5.74. The second kappa shape index (κ2) is 9.50. The molecule has 3 aromatic carbocycles. The summed E-state index contributed by atoms with van der Waals surface area (Å²) in [7, 11) is 0. The van der Waals surface area contributed by atoms with Crippen LogP contribution in [0.1, 0.15) is 28.3 Å². The molecule has 0 radical (unpaired) electrons. The normalized spacial score (nSPS) is 13.9. The average Bonchev–Trinajstić information content (AvgIpc) is 3.24. The maximum Gasteiger partial charge on any atom is 0.328 e. The lowest BCUT2D eigenvalue weighted by Gasteiger charge is -2.22. The van der Waals surface area contributed by atoms with Crippen LogP contribution in [0, 0.1) is 20.8 Å². The van der Waals surface area contributed by atoms with E-state index in [0.717, 1.165) is 16.8 Å². The van der Waals surface area contributed by atoms with Crippen LogP contribution in [0.4, 0.5) is 4.79 Å². The highest BCUT2D eigenvalue weighted by Crippen LogP contribution is 2.41. The van der Waals surface area contributed by atoms with Crippen LogP contribution in [0.5, 0.6) is 0 Å². The number of nitrogens with one attached hydrogen (secondary N) is 2. The number of pyridine rings is 1. The van der Waals surface area contributed by atoms with Gasteiger partial charge in [-0.25, -0.2) is 4.79 Å². The average molecular weight is 531 g/mol. The van der Waals surface area contributed by atoms with E-state index >= 15 is 0 Å². The molecule has 0 unspecified atom stereocenters. The van der Waals surface area contributed by atoms with E-state index < -0.39 is 23.8 Å². The number of hydrogen-bond acceptors (Lipinski definition) is 4. The third-order valence-electron chi connectivity index (χ3n) is 7.41. The summed E-state index contributed by atoms with van der Waals surface area (Å²) in [6.07, 6.45) is 0. The molecular weight excluding hydrogens is 504 g/mol. The van der Waals surface area contributed by atoms with Crippen LogP contribution in [0.2, 0.25) is 0 Å². The zero-order valence-corrected chi connectivity index (χ0v) is 22.2. The lowest BCUT2D eigenvalue weighted by molar-refractivity contribution is -0.132. The van der Waals surface area contributed by atoms with Gasteiger partial charge in [0.25, 0.3) is 5.56 Å². The number of barbiturate groups is 1. The highest BCUT2D eigenvalue weighted by atomic mass is 16.2. The summed E-state index contributed by atoms with van der Waals surface area (Å²) in [4.78, 5) is 53.2. The number of para-hydroxylation sites is 2. The van der Waals surface area contributed by atoms with Crippen molar-refractivity contribution >= 4 is 28.7 Å². The first kappa shape index (κ1) is 25.1. The summed E-state index contributed by atoms with van der Waals surface area (Å²) in [6, 6.07) is 25.7. The molecule has 3 heterocycles. The number of carbonyl (C=O) groups excluding carboxylic acids is 3. The summed E-state index contributed by atoms with van der Waals surface area (Å²) >= 11 is 0. The number of benzene rings is 3. The first-order valence-electron chi connectivity index (χ1n) is 12.9. The molecule has 6 rings (SSSR count). The Bertz CT molecular complexity index is 1900. The van der Waals surface area contributed by atoms with Crippen molar-refractivity contribution in [1.82, 2.24) is 19.8 Å². The molecule has 40 heavy (non-hydrogen) atoms. The Morgan fingerprint density at radius 3 is 1.75 bits per heavy atom. The number of urea groups is 1. The second-order valence-electron chi connectivity index (χ2n) is 9.96. The molecule has 8 nitrogen and oxygen atoms in total. The predicted molar refractivity (Wildman–Crippen MR) is 153 cm³/mol. The van der Waals surface area contributed by atoms with Crippen molar-refractivity contribution in [1.29, 1.82) is 0 Å². The summed E-state index contributed by atoms with van der Waals surface area (Å²) in [5, 5.41) is 4.68. The van der Waals surface area contributed by atoms with Crippen LogP contribution < -0.4 is 16.2 Å². The molecule has 198 valence electrons. The zero-order chi connectivity index (χ0) is 28.1. The fraction of sp³-hybridized carbons (Fsp3) is 0.125. The molecule has 0 bridgehead atoms. The maximum atomic E-state index is 14.6. The Morgan fingerprint density at radius 2 is 1.18 bits per heavy atom. The van der Waals surface area contributed by atoms with E-state index in [4.69, 9.17) is 0 Å². The largest absolute Gasteiger partial charge is 0.328 e. The Labute approximate surface area is 229 Å². The molecule has 0 aliphatic carbocycles. The zero-order valence-electron chi connectivity index (χ0n) is 22.2. The smallest absolute Gasteiger partial charge is 0.308 e. The van der Waals surface area contributed by atoms with Crippen molar-refractivity contribution in [3.63, 3.8) is 0 Å². The van der Waals surface area contributed by atoms with Crippen molar-refractivity contribution in [3.8, 4) is 22.6 Å². The van der Waals surface area contributed by atoms with Crippen LogP contribution in [-0.4, -0.2) is 27.0 Å². The number of hydrogen-bond donors (Lipinski definition) is 2. The van der Waals surface area contributed by atoms with E-state index in [1.54, 1.807) is 4.57 Å². The molecule has 4 amide bonds. The minimum Gasteiger partial charge on any atom is -0.308 e. The van der Waals surface area contributed by atoms with Crippen LogP contribution in [0.3, 0.4) is 0 Å². The number of carbonyl (C=O) groups is 3. The van der Waals surface area contributed by atoms with E-state index in [9.17, 15) is 19.2 Å².